The zero-order valence-corrected chi connectivity index (χ0v) is 11.1. The SMILES string of the molecule is COc1ccccc1N(c1ccccc1)C(C)C. The zero-order valence-electron chi connectivity index (χ0n) is 11.1. The number of hydrogen-bond acceptors (Lipinski definition) is 2. The standard InChI is InChI=1S/C16H19NO/c1-13(2)17(14-9-5-4-6-10-14)15-11-7-8-12-16(15)18-3/h4-13H,1-3H3. The summed E-state index contributed by atoms with van der Waals surface area (Å²) in [5, 5.41) is 0. The average Bonchev–Trinajstić information content (AvgIpc) is 2.40. The predicted octanol–water partition coefficient (Wildman–Crippen LogP) is 4.24. The van der Waals surface area contributed by atoms with Crippen molar-refractivity contribution in [2.24, 2.45) is 0 Å². The molecule has 2 heteroatoms. The van der Waals surface area contributed by atoms with Gasteiger partial charge in [-0.1, -0.05) is 30.3 Å². The van der Waals surface area contributed by atoms with E-state index in [1.165, 1.54) is 5.69 Å². The molecule has 0 unspecified atom stereocenters. The van der Waals surface area contributed by atoms with Gasteiger partial charge in [-0.15, -0.1) is 0 Å². The molecule has 0 aliphatic carbocycles. The van der Waals surface area contributed by atoms with E-state index in [9.17, 15) is 0 Å². The molecule has 0 N–H and O–H groups in total. The van der Waals surface area contributed by atoms with Crippen LogP contribution in [0.1, 0.15) is 13.8 Å². The van der Waals surface area contributed by atoms with Crippen molar-refractivity contribution >= 4 is 11.4 Å². The number of nitrogens with zero attached hydrogens (tertiary/aromatic N) is 1. The van der Waals surface area contributed by atoms with Gasteiger partial charge in [0.2, 0.25) is 0 Å². The van der Waals surface area contributed by atoms with Crippen LogP contribution >= 0.6 is 0 Å². The summed E-state index contributed by atoms with van der Waals surface area (Å²) in [6, 6.07) is 18.9. The Kier molecular flexibility index (Phi) is 3.88. The third-order valence-corrected chi connectivity index (χ3v) is 2.90. The molecule has 2 aromatic rings. The molecule has 0 fully saturated rings. The smallest absolute Gasteiger partial charge is 0.142 e. The summed E-state index contributed by atoms with van der Waals surface area (Å²) in [7, 11) is 1.71. The van der Waals surface area contributed by atoms with Crippen molar-refractivity contribution in [3.8, 4) is 5.75 Å². The number of para-hydroxylation sites is 3. The van der Waals surface area contributed by atoms with Crippen LogP contribution in [0.5, 0.6) is 5.75 Å². The van der Waals surface area contributed by atoms with Crippen molar-refractivity contribution in [2.75, 3.05) is 12.0 Å². The number of benzene rings is 2. The van der Waals surface area contributed by atoms with Crippen LogP contribution in [0.3, 0.4) is 0 Å². The van der Waals surface area contributed by atoms with Gasteiger partial charge in [0, 0.05) is 11.7 Å². The summed E-state index contributed by atoms with van der Waals surface area (Å²) in [5.41, 5.74) is 2.28. The van der Waals surface area contributed by atoms with Crippen molar-refractivity contribution in [3.05, 3.63) is 54.6 Å². The highest BCUT2D eigenvalue weighted by Gasteiger charge is 2.16. The van der Waals surface area contributed by atoms with Gasteiger partial charge in [0.05, 0.1) is 12.8 Å². The van der Waals surface area contributed by atoms with Gasteiger partial charge in [-0.05, 0) is 38.1 Å². The Balaban J connectivity index is 2.49. The molecule has 0 spiro atoms. The Morgan fingerprint density at radius 3 is 2.11 bits per heavy atom. The Morgan fingerprint density at radius 1 is 0.889 bits per heavy atom. The van der Waals surface area contributed by atoms with E-state index in [4.69, 9.17) is 4.74 Å². The lowest BCUT2D eigenvalue weighted by atomic mass is 10.2. The van der Waals surface area contributed by atoms with Gasteiger partial charge in [-0.2, -0.15) is 0 Å². The normalized spacial score (nSPS) is 10.4. The second-order valence-electron chi connectivity index (χ2n) is 4.47. The lowest BCUT2D eigenvalue weighted by molar-refractivity contribution is 0.414. The highest BCUT2D eigenvalue weighted by molar-refractivity contribution is 5.69. The van der Waals surface area contributed by atoms with Crippen LogP contribution < -0.4 is 9.64 Å². The molecule has 0 bridgehead atoms. The first-order valence-electron chi connectivity index (χ1n) is 6.21. The minimum Gasteiger partial charge on any atom is -0.495 e. The van der Waals surface area contributed by atoms with Crippen LogP contribution in [-0.4, -0.2) is 13.2 Å². The highest BCUT2D eigenvalue weighted by Crippen LogP contribution is 2.34. The fourth-order valence-corrected chi connectivity index (χ4v) is 2.13. The number of anilines is 2. The maximum absolute atomic E-state index is 5.46. The van der Waals surface area contributed by atoms with Crippen LogP contribution in [0, 0.1) is 0 Å². The second kappa shape index (κ2) is 5.58. The van der Waals surface area contributed by atoms with Crippen molar-refractivity contribution in [1.82, 2.24) is 0 Å². The molecule has 0 aromatic heterocycles. The summed E-state index contributed by atoms with van der Waals surface area (Å²) < 4.78 is 5.46. The first kappa shape index (κ1) is 12.5. The molecule has 0 amide bonds. The van der Waals surface area contributed by atoms with Crippen LogP contribution in [0.15, 0.2) is 54.6 Å². The number of methoxy groups -OCH3 is 1. The zero-order chi connectivity index (χ0) is 13.0. The van der Waals surface area contributed by atoms with E-state index in [1.54, 1.807) is 7.11 Å². The molecule has 0 saturated heterocycles. The summed E-state index contributed by atoms with van der Waals surface area (Å²) in [5.74, 6) is 0.898. The topological polar surface area (TPSA) is 12.5 Å². The average molecular weight is 241 g/mol. The summed E-state index contributed by atoms with van der Waals surface area (Å²) in [4.78, 5) is 2.28. The van der Waals surface area contributed by atoms with E-state index < -0.39 is 0 Å². The minimum atomic E-state index is 0.365. The van der Waals surface area contributed by atoms with Crippen LogP contribution in [0.25, 0.3) is 0 Å². The molecule has 2 aromatic carbocycles. The molecular weight excluding hydrogens is 222 g/mol. The summed E-state index contributed by atoms with van der Waals surface area (Å²) >= 11 is 0. The Bertz CT molecular complexity index is 493. The lowest BCUT2D eigenvalue weighted by Crippen LogP contribution is -2.25. The van der Waals surface area contributed by atoms with E-state index >= 15 is 0 Å². The van der Waals surface area contributed by atoms with Gasteiger partial charge in [0.25, 0.3) is 0 Å². The maximum atomic E-state index is 5.46. The molecule has 0 heterocycles. The molecule has 2 nitrogen and oxygen atoms in total. The van der Waals surface area contributed by atoms with E-state index in [1.807, 2.05) is 24.3 Å². The van der Waals surface area contributed by atoms with Crippen LogP contribution in [0.2, 0.25) is 0 Å². The Morgan fingerprint density at radius 2 is 1.50 bits per heavy atom. The fourth-order valence-electron chi connectivity index (χ4n) is 2.13. The third kappa shape index (κ3) is 2.48. The fraction of sp³-hybridized carbons (Fsp3) is 0.250. The Hall–Kier alpha value is -1.96. The molecular formula is C16H19NO. The third-order valence-electron chi connectivity index (χ3n) is 2.90. The molecule has 0 radical (unpaired) electrons. The van der Waals surface area contributed by atoms with E-state index in [-0.39, 0.29) is 0 Å². The van der Waals surface area contributed by atoms with Gasteiger partial charge < -0.3 is 9.64 Å². The minimum absolute atomic E-state index is 0.365. The first-order chi connectivity index (χ1) is 8.74. The van der Waals surface area contributed by atoms with Gasteiger partial charge in [0.15, 0.2) is 0 Å². The van der Waals surface area contributed by atoms with Gasteiger partial charge in [-0.3, -0.25) is 0 Å². The van der Waals surface area contributed by atoms with E-state index in [2.05, 4.69) is 49.1 Å². The van der Waals surface area contributed by atoms with Gasteiger partial charge in [0.1, 0.15) is 5.75 Å². The number of hydrogen-bond donors (Lipinski definition) is 0. The van der Waals surface area contributed by atoms with Gasteiger partial charge in [-0.25, -0.2) is 0 Å². The monoisotopic (exact) mass is 241 g/mol. The highest BCUT2D eigenvalue weighted by atomic mass is 16.5. The molecule has 0 aliphatic heterocycles. The van der Waals surface area contributed by atoms with Gasteiger partial charge >= 0.3 is 0 Å². The molecule has 0 aliphatic rings. The Labute approximate surface area is 109 Å². The number of ether oxygens (including phenoxy) is 1. The van der Waals surface area contributed by atoms with Crippen LogP contribution in [-0.2, 0) is 0 Å². The molecule has 94 valence electrons. The maximum Gasteiger partial charge on any atom is 0.142 e. The molecule has 2 rings (SSSR count). The van der Waals surface area contributed by atoms with Crippen LogP contribution in [0.4, 0.5) is 11.4 Å². The summed E-state index contributed by atoms with van der Waals surface area (Å²) in [6.45, 7) is 4.36. The summed E-state index contributed by atoms with van der Waals surface area (Å²) in [6.07, 6.45) is 0. The predicted molar refractivity (Wildman–Crippen MR) is 76.7 cm³/mol. The quantitative estimate of drug-likeness (QED) is 0.793. The van der Waals surface area contributed by atoms with E-state index in [0.29, 0.717) is 6.04 Å². The van der Waals surface area contributed by atoms with Crippen molar-refractivity contribution < 1.29 is 4.74 Å². The number of rotatable bonds is 4. The van der Waals surface area contributed by atoms with Crippen molar-refractivity contribution in [3.63, 3.8) is 0 Å². The van der Waals surface area contributed by atoms with Crippen molar-refractivity contribution in [1.29, 1.82) is 0 Å². The molecule has 0 atom stereocenters. The first-order valence-corrected chi connectivity index (χ1v) is 6.21. The second-order valence-corrected chi connectivity index (χ2v) is 4.47. The van der Waals surface area contributed by atoms with Crippen molar-refractivity contribution in [2.45, 2.75) is 19.9 Å². The van der Waals surface area contributed by atoms with E-state index in [0.717, 1.165) is 11.4 Å². The largest absolute Gasteiger partial charge is 0.495 e. The molecule has 18 heavy (non-hydrogen) atoms. The lowest BCUT2D eigenvalue weighted by Gasteiger charge is -2.30. The molecule has 0 saturated carbocycles.